The van der Waals surface area contributed by atoms with Crippen molar-refractivity contribution in [3.05, 3.63) is 16.7 Å². The number of phenolic OH excluding ortho intramolecular Hbond substituents is 3. The van der Waals surface area contributed by atoms with Crippen molar-refractivity contribution in [3.63, 3.8) is 0 Å². The summed E-state index contributed by atoms with van der Waals surface area (Å²) in [7, 11) is 0. The molecule has 4 N–H and O–H groups in total. The first-order valence-electron chi connectivity index (χ1n) is 9.98. The van der Waals surface area contributed by atoms with Crippen LogP contribution in [0.15, 0.2) is 0 Å². The SMILES string of the molecule is CC(=O)O[C@@H]1CC[C@@]2(C)c3c(O)c(O)c([C@@H](C)CO)c(O)c3C(=O)C(=O)[C@H]2C1(C)C. The monoisotopic (exact) mass is 420 g/mol. The zero-order valence-electron chi connectivity index (χ0n) is 17.8. The number of phenols is 3. The number of carbonyl (C=O) groups excluding carboxylic acids is 3. The van der Waals surface area contributed by atoms with Crippen molar-refractivity contribution in [3.8, 4) is 17.2 Å². The molecule has 1 saturated carbocycles. The molecule has 0 amide bonds. The molecule has 4 atom stereocenters. The van der Waals surface area contributed by atoms with Gasteiger partial charge in [0.15, 0.2) is 11.5 Å². The molecule has 0 bridgehead atoms. The number of aliphatic hydroxyl groups excluding tert-OH is 1. The molecule has 0 aliphatic heterocycles. The maximum Gasteiger partial charge on any atom is 0.302 e. The number of aliphatic hydroxyl groups is 1. The fourth-order valence-electron chi connectivity index (χ4n) is 5.58. The predicted octanol–water partition coefficient (Wildman–Crippen LogP) is 2.29. The quantitative estimate of drug-likeness (QED) is 0.253. The normalized spacial score (nSPS) is 28.5. The zero-order valence-corrected chi connectivity index (χ0v) is 17.8. The van der Waals surface area contributed by atoms with E-state index in [4.69, 9.17) is 4.74 Å². The van der Waals surface area contributed by atoms with Crippen molar-refractivity contribution in [2.75, 3.05) is 6.61 Å². The highest BCUT2D eigenvalue weighted by atomic mass is 16.5. The topological polar surface area (TPSA) is 141 Å². The number of benzene rings is 1. The van der Waals surface area contributed by atoms with Crippen LogP contribution in [0.3, 0.4) is 0 Å². The third kappa shape index (κ3) is 2.80. The molecule has 164 valence electrons. The molecule has 8 nitrogen and oxygen atoms in total. The van der Waals surface area contributed by atoms with E-state index in [0.29, 0.717) is 6.42 Å². The summed E-state index contributed by atoms with van der Waals surface area (Å²) in [5, 5.41) is 41.8. The lowest BCUT2D eigenvalue weighted by atomic mass is 9.48. The number of hydrogen-bond acceptors (Lipinski definition) is 8. The first-order valence-corrected chi connectivity index (χ1v) is 9.98. The van der Waals surface area contributed by atoms with Crippen molar-refractivity contribution in [1.82, 2.24) is 0 Å². The van der Waals surface area contributed by atoms with Crippen molar-refractivity contribution < 1.29 is 39.5 Å². The molecule has 0 radical (unpaired) electrons. The second-order valence-electron chi connectivity index (χ2n) is 9.30. The molecule has 0 heterocycles. The molecule has 0 saturated heterocycles. The summed E-state index contributed by atoms with van der Waals surface area (Å²) in [5.41, 5.74) is -2.50. The molecule has 1 aromatic carbocycles. The Morgan fingerprint density at radius 2 is 1.73 bits per heavy atom. The van der Waals surface area contributed by atoms with E-state index in [1.807, 2.05) is 0 Å². The van der Waals surface area contributed by atoms with Gasteiger partial charge in [-0.15, -0.1) is 0 Å². The Morgan fingerprint density at radius 3 is 2.27 bits per heavy atom. The average Bonchev–Trinajstić information content (AvgIpc) is 2.64. The number of carbonyl (C=O) groups is 3. The standard InChI is InChI=1S/C22H28O8/c1-9(8-23)12-15(25)13-14(18(28)16(12)26)22(5)7-6-11(30-10(2)24)21(3,4)20(22)19(29)17(13)27/h9,11,20,23,25-26,28H,6-8H2,1-5H3/t9-,11+,20-,22-/m0/s1. The van der Waals surface area contributed by atoms with Crippen LogP contribution >= 0.6 is 0 Å². The van der Waals surface area contributed by atoms with Gasteiger partial charge in [0.25, 0.3) is 0 Å². The first-order chi connectivity index (χ1) is 13.8. The Hall–Kier alpha value is -2.61. The van der Waals surface area contributed by atoms with Crippen LogP contribution in [0.4, 0.5) is 0 Å². The maximum atomic E-state index is 13.3. The van der Waals surface area contributed by atoms with E-state index < -0.39 is 70.2 Å². The first kappa shape index (κ1) is 22.1. The van der Waals surface area contributed by atoms with E-state index in [2.05, 4.69) is 0 Å². The van der Waals surface area contributed by atoms with Gasteiger partial charge in [0.05, 0.1) is 5.56 Å². The fourth-order valence-corrected chi connectivity index (χ4v) is 5.58. The number of rotatable bonds is 3. The van der Waals surface area contributed by atoms with Crippen molar-refractivity contribution in [2.24, 2.45) is 11.3 Å². The van der Waals surface area contributed by atoms with Gasteiger partial charge in [0, 0.05) is 47.3 Å². The van der Waals surface area contributed by atoms with Gasteiger partial charge in [-0.1, -0.05) is 27.7 Å². The Morgan fingerprint density at radius 1 is 1.13 bits per heavy atom. The van der Waals surface area contributed by atoms with Crippen LogP contribution in [0.2, 0.25) is 0 Å². The number of ketones is 2. The van der Waals surface area contributed by atoms with Crippen LogP contribution in [0.1, 0.15) is 74.9 Å². The lowest BCUT2D eigenvalue weighted by Gasteiger charge is -2.55. The molecule has 2 aliphatic carbocycles. The summed E-state index contributed by atoms with van der Waals surface area (Å²) in [6, 6.07) is 0. The van der Waals surface area contributed by atoms with Crippen LogP contribution in [-0.4, -0.2) is 50.7 Å². The molecule has 1 aromatic rings. The van der Waals surface area contributed by atoms with E-state index in [1.54, 1.807) is 20.8 Å². The number of ether oxygens (including phenoxy) is 1. The van der Waals surface area contributed by atoms with Crippen molar-refractivity contribution in [1.29, 1.82) is 0 Å². The van der Waals surface area contributed by atoms with E-state index in [0.717, 1.165) is 0 Å². The largest absolute Gasteiger partial charge is 0.507 e. The summed E-state index contributed by atoms with van der Waals surface area (Å²) in [6.07, 6.45) is 0.0484. The summed E-state index contributed by atoms with van der Waals surface area (Å²) in [6.45, 7) is 7.51. The third-order valence-corrected chi connectivity index (χ3v) is 6.95. The van der Waals surface area contributed by atoms with Crippen LogP contribution in [0.25, 0.3) is 0 Å². The predicted molar refractivity (Wildman–Crippen MR) is 106 cm³/mol. The number of Topliss-reactive ketones (excluding diaryl/α,β-unsaturated/α-hetero) is 2. The Balaban J connectivity index is 2.31. The Bertz CT molecular complexity index is 947. The van der Waals surface area contributed by atoms with Gasteiger partial charge in [-0.3, -0.25) is 14.4 Å². The molecule has 8 heteroatoms. The van der Waals surface area contributed by atoms with Crippen molar-refractivity contribution in [2.45, 2.75) is 64.9 Å². The summed E-state index contributed by atoms with van der Waals surface area (Å²) < 4.78 is 5.42. The second-order valence-corrected chi connectivity index (χ2v) is 9.30. The molecule has 0 aromatic heterocycles. The molecule has 2 aliphatic rings. The molecule has 3 rings (SSSR count). The van der Waals surface area contributed by atoms with Crippen LogP contribution in [-0.2, 0) is 19.7 Å². The van der Waals surface area contributed by atoms with E-state index in [-0.39, 0.29) is 23.1 Å². The van der Waals surface area contributed by atoms with Crippen LogP contribution < -0.4 is 0 Å². The van der Waals surface area contributed by atoms with Gasteiger partial charge in [-0.05, 0) is 12.8 Å². The Kier molecular flexibility index (Phi) is 5.13. The lowest BCUT2D eigenvalue weighted by Crippen LogP contribution is -2.60. The molecule has 0 spiro atoms. The minimum absolute atomic E-state index is 0.0235. The third-order valence-electron chi connectivity index (χ3n) is 6.95. The molecule has 30 heavy (non-hydrogen) atoms. The second kappa shape index (κ2) is 6.97. The van der Waals surface area contributed by atoms with Crippen LogP contribution in [0.5, 0.6) is 17.2 Å². The average molecular weight is 420 g/mol. The fraction of sp³-hybridized carbons (Fsp3) is 0.591. The van der Waals surface area contributed by atoms with E-state index in [1.165, 1.54) is 13.8 Å². The minimum atomic E-state index is -1.08. The highest BCUT2D eigenvalue weighted by Gasteiger charge is 2.62. The van der Waals surface area contributed by atoms with Gasteiger partial charge in [0.1, 0.15) is 11.9 Å². The number of fused-ring (bicyclic) bond motifs is 3. The molecule has 1 fully saturated rings. The van der Waals surface area contributed by atoms with Gasteiger partial charge >= 0.3 is 5.97 Å². The van der Waals surface area contributed by atoms with Gasteiger partial charge < -0.3 is 25.2 Å². The smallest absolute Gasteiger partial charge is 0.302 e. The summed E-state index contributed by atoms with van der Waals surface area (Å²) in [4.78, 5) is 37.9. The number of esters is 1. The lowest BCUT2D eigenvalue weighted by molar-refractivity contribution is -0.166. The summed E-state index contributed by atoms with van der Waals surface area (Å²) in [5.74, 6) is -5.70. The van der Waals surface area contributed by atoms with Gasteiger partial charge in [-0.25, -0.2) is 0 Å². The molecule has 0 unspecified atom stereocenters. The Labute approximate surface area is 174 Å². The van der Waals surface area contributed by atoms with E-state index in [9.17, 15) is 34.8 Å². The number of aromatic hydroxyl groups is 3. The van der Waals surface area contributed by atoms with Gasteiger partial charge in [-0.2, -0.15) is 0 Å². The molecular weight excluding hydrogens is 392 g/mol. The number of hydrogen-bond donors (Lipinski definition) is 4. The highest BCUT2D eigenvalue weighted by Crippen LogP contribution is 2.61. The van der Waals surface area contributed by atoms with E-state index >= 15 is 0 Å². The maximum absolute atomic E-state index is 13.3. The summed E-state index contributed by atoms with van der Waals surface area (Å²) >= 11 is 0. The van der Waals surface area contributed by atoms with Crippen LogP contribution in [0, 0.1) is 11.3 Å². The zero-order chi connectivity index (χ0) is 22.8. The van der Waals surface area contributed by atoms with Gasteiger partial charge in [0.2, 0.25) is 11.6 Å². The highest BCUT2D eigenvalue weighted by molar-refractivity contribution is 6.47. The molecular formula is C22H28O8. The minimum Gasteiger partial charge on any atom is -0.507 e. The van der Waals surface area contributed by atoms with Crippen molar-refractivity contribution >= 4 is 17.5 Å².